The van der Waals surface area contributed by atoms with Crippen LogP contribution in [0.1, 0.15) is 12.0 Å². The van der Waals surface area contributed by atoms with Crippen LogP contribution in [0.25, 0.3) is 11.0 Å². The number of aryl methyl sites for hydroxylation is 1. The number of imidazole rings is 1. The van der Waals surface area contributed by atoms with Crippen LogP contribution in [0.3, 0.4) is 0 Å². The first kappa shape index (κ1) is 10.3. The maximum atomic E-state index is 5.46. The number of nitrogens with zero attached hydrogens (tertiary/aromatic N) is 2. The first-order chi connectivity index (χ1) is 7.75. The summed E-state index contributed by atoms with van der Waals surface area (Å²) in [5.41, 5.74) is 3.51. The molecular weight excluding hydrogens is 268 g/mol. The highest BCUT2D eigenvalue weighted by Crippen LogP contribution is 2.26. The quantitative estimate of drug-likeness (QED) is 0.846. The van der Waals surface area contributed by atoms with Gasteiger partial charge in [-0.25, -0.2) is 4.98 Å². The number of fused-ring (bicyclic) bond motifs is 1. The van der Waals surface area contributed by atoms with E-state index >= 15 is 0 Å². The first-order valence-corrected chi connectivity index (χ1v) is 6.26. The molecule has 0 spiro atoms. The molecule has 16 heavy (non-hydrogen) atoms. The van der Waals surface area contributed by atoms with E-state index in [0.29, 0.717) is 6.10 Å². The second-order valence-corrected chi connectivity index (χ2v) is 5.09. The molecule has 1 aliphatic rings. The summed E-state index contributed by atoms with van der Waals surface area (Å²) >= 11 is 3.53. The Kier molecular flexibility index (Phi) is 2.48. The van der Waals surface area contributed by atoms with E-state index in [1.807, 2.05) is 6.33 Å². The minimum Gasteiger partial charge on any atom is -0.376 e. The van der Waals surface area contributed by atoms with Gasteiger partial charge in [0.2, 0.25) is 0 Å². The molecular formula is C12H13BrN2O. The number of halogens is 1. The van der Waals surface area contributed by atoms with Crippen molar-refractivity contribution in [2.24, 2.45) is 0 Å². The van der Waals surface area contributed by atoms with Gasteiger partial charge in [-0.1, -0.05) is 6.07 Å². The highest BCUT2D eigenvalue weighted by molar-refractivity contribution is 9.10. The molecule has 0 bridgehead atoms. The van der Waals surface area contributed by atoms with Gasteiger partial charge in [-0.2, -0.15) is 0 Å². The lowest BCUT2D eigenvalue weighted by Gasteiger charge is -2.26. The molecule has 3 rings (SSSR count). The zero-order valence-corrected chi connectivity index (χ0v) is 10.7. The Morgan fingerprint density at radius 1 is 1.56 bits per heavy atom. The summed E-state index contributed by atoms with van der Waals surface area (Å²) in [5.74, 6) is 0. The minimum atomic E-state index is 0.371. The van der Waals surface area contributed by atoms with Crippen molar-refractivity contribution in [3.05, 3.63) is 28.5 Å². The van der Waals surface area contributed by atoms with Crippen LogP contribution in [0.2, 0.25) is 0 Å². The third-order valence-electron chi connectivity index (χ3n) is 3.11. The standard InChI is InChI=1S/C12H13BrN2O/c1-8-2-3-10(13)11-12(8)15(7-14-11)6-9-4-5-16-9/h2-3,7,9H,4-6H2,1H3/t9-/m1/s1. The fourth-order valence-electron chi connectivity index (χ4n) is 2.11. The summed E-state index contributed by atoms with van der Waals surface area (Å²) in [4.78, 5) is 4.45. The Morgan fingerprint density at radius 2 is 2.38 bits per heavy atom. The number of hydrogen-bond acceptors (Lipinski definition) is 2. The van der Waals surface area contributed by atoms with Crippen molar-refractivity contribution < 1.29 is 4.74 Å². The summed E-state index contributed by atoms with van der Waals surface area (Å²) in [6.45, 7) is 3.93. The molecule has 1 atom stereocenters. The van der Waals surface area contributed by atoms with Crippen LogP contribution in [0.15, 0.2) is 22.9 Å². The zero-order chi connectivity index (χ0) is 11.1. The molecule has 4 heteroatoms. The molecule has 0 saturated carbocycles. The smallest absolute Gasteiger partial charge is 0.103 e. The van der Waals surface area contributed by atoms with Crippen molar-refractivity contribution in [3.8, 4) is 0 Å². The monoisotopic (exact) mass is 280 g/mol. The predicted octanol–water partition coefficient (Wildman–Crippen LogP) is 2.90. The van der Waals surface area contributed by atoms with Crippen LogP contribution in [0, 0.1) is 6.92 Å². The maximum Gasteiger partial charge on any atom is 0.103 e. The second-order valence-electron chi connectivity index (χ2n) is 4.24. The van der Waals surface area contributed by atoms with Gasteiger partial charge in [0.05, 0.1) is 24.5 Å². The van der Waals surface area contributed by atoms with E-state index < -0.39 is 0 Å². The van der Waals surface area contributed by atoms with Crippen LogP contribution in [-0.2, 0) is 11.3 Å². The maximum absolute atomic E-state index is 5.46. The molecule has 1 aromatic carbocycles. The van der Waals surface area contributed by atoms with E-state index in [4.69, 9.17) is 4.74 Å². The van der Waals surface area contributed by atoms with E-state index in [1.54, 1.807) is 0 Å². The predicted molar refractivity (Wildman–Crippen MR) is 66.5 cm³/mol. The van der Waals surface area contributed by atoms with Gasteiger partial charge in [-0.05, 0) is 40.9 Å². The Hall–Kier alpha value is -0.870. The Balaban J connectivity index is 2.07. The molecule has 0 radical (unpaired) electrons. The van der Waals surface area contributed by atoms with Crippen LogP contribution in [-0.4, -0.2) is 22.3 Å². The van der Waals surface area contributed by atoms with Gasteiger partial charge in [0, 0.05) is 11.1 Å². The Labute approximate surface area is 103 Å². The average Bonchev–Trinajstić information content (AvgIpc) is 2.62. The zero-order valence-electron chi connectivity index (χ0n) is 9.11. The normalized spacial score (nSPS) is 20.0. The largest absolute Gasteiger partial charge is 0.376 e. The lowest BCUT2D eigenvalue weighted by Crippen LogP contribution is -2.31. The molecule has 0 unspecified atom stereocenters. The van der Waals surface area contributed by atoms with Crippen molar-refractivity contribution in [2.45, 2.75) is 26.0 Å². The van der Waals surface area contributed by atoms with Gasteiger partial charge < -0.3 is 9.30 Å². The molecule has 84 valence electrons. The molecule has 2 heterocycles. The average molecular weight is 281 g/mol. The molecule has 1 fully saturated rings. The topological polar surface area (TPSA) is 27.1 Å². The number of rotatable bonds is 2. The van der Waals surface area contributed by atoms with E-state index in [9.17, 15) is 0 Å². The minimum absolute atomic E-state index is 0.371. The highest BCUT2D eigenvalue weighted by Gasteiger charge is 2.20. The van der Waals surface area contributed by atoms with Crippen molar-refractivity contribution >= 4 is 27.0 Å². The summed E-state index contributed by atoms with van der Waals surface area (Å²) in [7, 11) is 0. The van der Waals surface area contributed by atoms with Crippen LogP contribution >= 0.6 is 15.9 Å². The fraction of sp³-hybridized carbons (Fsp3) is 0.417. The van der Waals surface area contributed by atoms with E-state index in [0.717, 1.165) is 29.6 Å². The molecule has 1 saturated heterocycles. The van der Waals surface area contributed by atoms with Gasteiger partial charge in [0.25, 0.3) is 0 Å². The van der Waals surface area contributed by atoms with Gasteiger partial charge in [0.1, 0.15) is 5.52 Å². The van der Waals surface area contributed by atoms with Gasteiger partial charge in [0.15, 0.2) is 0 Å². The molecule has 1 aliphatic heterocycles. The molecule has 1 aromatic heterocycles. The van der Waals surface area contributed by atoms with Gasteiger partial charge in [-0.3, -0.25) is 0 Å². The van der Waals surface area contributed by atoms with Crippen LogP contribution in [0.4, 0.5) is 0 Å². The Bertz CT molecular complexity index is 531. The third kappa shape index (κ3) is 1.57. The number of aromatic nitrogens is 2. The first-order valence-electron chi connectivity index (χ1n) is 5.47. The molecule has 0 aliphatic carbocycles. The summed E-state index contributed by atoms with van der Waals surface area (Å²) in [6, 6.07) is 4.17. The van der Waals surface area contributed by atoms with Gasteiger partial charge in [-0.15, -0.1) is 0 Å². The molecule has 0 amide bonds. The number of benzene rings is 1. The fourth-order valence-corrected chi connectivity index (χ4v) is 2.54. The SMILES string of the molecule is Cc1ccc(Br)c2ncn(C[C@H]3CCO3)c12. The van der Waals surface area contributed by atoms with E-state index in [2.05, 4.69) is 44.5 Å². The van der Waals surface area contributed by atoms with Crippen LogP contribution < -0.4 is 0 Å². The summed E-state index contributed by atoms with van der Waals surface area (Å²) < 4.78 is 8.71. The van der Waals surface area contributed by atoms with E-state index in [1.165, 1.54) is 11.1 Å². The lowest BCUT2D eigenvalue weighted by molar-refractivity contribution is -0.0586. The lowest BCUT2D eigenvalue weighted by atomic mass is 10.1. The summed E-state index contributed by atoms with van der Waals surface area (Å²) in [6.07, 6.45) is 3.44. The van der Waals surface area contributed by atoms with Crippen molar-refractivity contribution in [1.29, 1.82) is 0 Å². The van der Waals surface area contributed by atoms with E-state index in [-0.39, 0.29) is 0 Å². The number of hydrogen-bond donors (Lipinski definition) is 0. The Morgan fingerprint density at radius 3 is 3.06 bits per heavy atom. The summed E-state index contributed by atoms with van der Waals surface area (Å²) in [5, 5.41) is 0. The van der Waals surface area contributed by atoms with Crippen LogP contribution in [0.5, 0.6) is 0 Å². The third-order valence-corrected chi connectivity index (χ3v) is 3.75. The second kappa shape index (κ2) is 3.86. The molecule has 2 aromatic rings. The van der Waals surface area contributed by atoms with Gasteiger partial charge >= 0.3 is 0 Å². The van der Waals surface area contributed by atoms with Crippen molar-refractivity contribution in [2.75, 3.05) is 6.61 Å². The molecule has 0 N–H and O–H groups in total. The number of ether oxygens (including phenoxy) is 1. The van der Waals surface area contributed by atoms with Crippen molar-refractivity contribution in [3.63, 3.8) is 0 Å². The van der Waals surface area contributed by atoms with Crippen molar-refractivity contribution in [1.82, 2.24) is 9.55 Å². The molecule has 3 nitrogen and oxygen atoms in total. The highest BCUT2D eigenvalue weighted by atomic mass is 79.9.